The van der Waals surface area contributed by atoms with Crippen molar-refractivity contribution in [2.45, 2.75) is 6.92 Å². The average molecular weight is 419 g/mol. The second-order valence-electron chi connectivity index (χ2n) is 6.73. The lowest BCUT2D eigenvalue weighted by Gasteiger charge is -2.25. The highest BCUT2D eigenvalue weighted by Crippen LogP contribution is 2.19. The molecule has 1 saturated heterocycles. The Morgan fingerprint density at radius 2 is 2.03 bits per heavy atom. The molecule has 0 radical (unpaired) electrons. The average Bonchev–Trinajstić information content (AvgIpc) is 2.70. The smallest absolute Gasteiger partial charge is 0.258 e. The van der Waals surface area contributed by atoms with Crippen molar-refractivity contribution >= 4 is 29.2 Å². The zero-order valence-corrected chi connectivity index (χ0v) is 17.0. The minimum Gasteiger partial charge on any atom is -0.379 e. The number of anilines is 1. The fourth-order valence-electron chi connectivity index (χ4n) is 2.94. The lowest BCUT2D eigenvalue weighted by atomic mass is 10.2. The van der Waals surface area contributed by atoms with E-state index in [1.807, 2.05) is 19.1 Å². The van der Waals surface area contributed by atoms with E-state index in [1.165, 1.54) is 18.2 Å². The first-order valence-corrected chi connectivity index (χ1v) is 9.84. The molecule has 0 saturated carbocycles. The van der Waals surface area contributed by atoms with E-state index >= 15 is 0 Å². The molecule has 2 aromatic rings. The Morgan fingerprint density at radius 1 is 1.24 bits per heavy atom. The van der Waals surface area contributed by atoms with Gasteiger partial charge in [0.05, 0.1) is 19.8 Å². The largest absolute Gasteiger partial charge is 0.379 e. The van der Waals surface area contributed by atoms with Crippen molar-refractivity contribution in [3.63, 3.8) is 0 Å². The van der Waals surface area contributed by atoms with Gasteiger partial charge in [-0.15, -0.1) is 0 Å². The maximum atomic E-state index is 13.5. The van der Waals surface area contributed by atoms with E-state index in [2.05, 4.69) is 20.5 Å². The fourth-order valence-corrected chi connectivity index (χ4v) is 3.17. The summed E-state index contributed by atoms with van der Waals surface area (Å²) >= 11 is 6.02. The van der Waals surface area contributed by atoms with Gasteiger partial charge in [-0.25, -0.2) is 4.39 Å². The molecule has 0 aliphatic carbocycles. The van der Waals surface area contributed by atoms with Crippen molar-refractivity contribution in [2.24, 2.45) is 4.99 Å². The molecule has 6 nitrogen and oxygen atoms in total. The third-order valence-electron chi connectivity index (χ3n) is 4.55. The van der Waals surface area contributed by atoms with E-state index in [9.17, 15) is 9.18 Å². The monoisotopic (exact) mass is 418 g/mol. The van der Waals surface area contributed by atoms with Crippen molar-refractivity contribution in [1.82, 2.24) is 10.2 Å². The number of morpholine rings is 1. The number of ether oxygens (including phenoxy) is 1. The number of nitrogens with one attached hydrogen (secondary N) is 2. The molecule has 1 aliphatic rings. The molecule has 1 amide bonds. The third-order valence-corrected chi connectivity index (χ3v) is 4.79. The zero-order chi connectivity index (χ0) is 20.6. The number of benzene rings is 2. The third kappa shape index (κ3) is 6.52. The fraction of sp³-hybridized carbons (Fsp3) is 0.333. The highest BCUT2D eigenvalue weighted by Gasteiger charge is 2.13. The Morgan fingerprint density at radius 3 is 2.76 bits per heavy atom. The van der Waals surface area contributed by atoms with Crippen LogP contribution in [-0.2, 0) is 4.74 Å². The van der Waals surface area contributed by atoms with E-state index in [1.54, 1.807) is 12.1 Å². The van der Waals surface area contributed by atoms with Gasteiger partial charge in [0.1, 0.15) is 5.82 Å². The molecular formula is C21H24ClFN4O2. The molecule has 0 bridgehead atoms. The number of carbonyl (C=O) groups is 1. The Labute approximate surface area is 174 Å². The molecule has 0 spiro atoms. The predicted molar refractivity (Wildman–Crippen MR) is 113 cm³/mol. The first-order chi connectivity index (χ1) is 14.0. The van der Waals surface area contributed by atoms with Gasteiger partial charge >= 0.3 is 0 Å². The highest BCUT2D eigenvalue weighted by molar-refractivity contribution is 6.30. The summed E-state index contributed by atoms with van der Waals surface area (Å²) in [5, 5.41) is 6.52. The molecular weight excluding hydrogens is 395 g/mol. The number of rotatable bonds is 5. The maximum Gasteiger partial charge on any atom is 0.258 e. The number of hydrogen-bond acceptors (Lipinski definition) is 4. The normalized spacial score (nSPS) is 15.2. The van der Waals surface area contributed by atoms with Gasteiger partial charge in [-0.1, -0.05) is 17.7 Å². The van der Waals surface area contributed by atoms with Crippen LogP contribution in [0.3, 0.4) is 0 Å². The second kappa shape index (κ2) is 10.3. The minimum absolute atomic E-state index is 0.223. The molecule has 0 aromatic heterocycles. The van der Waals surface area contributed by atoms with Gasteiger partial charge in [-0.3, -0.25) is 20.0 Å². The minimum atomic E-state index is -0.468. The number of halogens is 2. The van der Waals surface area contributed by atoms with Gasteiger partial charge in [0.25, 0.3) is 5.91 Å². The van der Waals surface area contributed by atoms with Crippen LogP contribution < -0.4 is 10.6 Å². The molecule has 1 fully saturated rings. The van der Waals surface area contributed by atoms with Gasteiger partial charge in [-0.2, -0.15) is 0 Å². The van der Waals surface area contributed by atoms with Crippen LogP contribution in [0.1, 0.15) is 15.9 Å². The Balaban J connectivity index is 1.72. The molecule has 154 valence electrons. The van der Waals surface area contributed by atoms with Gasteiger partial charge in [-0.05, 0) is 48.9 Å². The highest BCUT2D eigenvalue weighted by atomic mass is 35.5. The van der Waals surface area contributed by atoms with Crippen LogP contribution in [0.15, 0.2) is 47.5 Å². The molecule has 0 unspecified atom stereocenters. The van der Waals surface area contributed by atoms with Crippen LogP contribution in [0, 0.1) is 12.7 Å². The van der Waals surface area contributed by atoms with Crippen LogP contribution in [0.4, 0.5) is 10.1 Å². The van der Waals surface area contributed by atoms with Gasteiger partial charge < -0.3 is 10.1 Å². The number of aliphatic imine (C=N–C) groups is 1. The first kappa shape index (κ1) is 21.2. The Bertz CT molecular complexity index is 885. The van der Waals surface area contributed by atoms with Crippen LogP contribution in [-0.4, -0.2) is 56.2 Å². The SMILES string of the molecule is Cc1cc(Cl)ccc1NC(=NCCN1CCOCC1)NC(=O)c1cccc(F)c1. The topological polar surface area (TPSA) is 66.0 Å². The summed E-state index contributed by atoms with van der Waals surface area (Å²) in [6.07, 6.45) is 0. The van der Waals surface area contributed by atoms with Crippen LogP contribution >= 0.6 is 11.6 Å². The molecule has 3 rings (SSSR count). The van der Waals surface area contributed by atoms with E-state index < -0.39 is 11.7 Å². The van der Waals surface area contributed by atoms with Crippen LogP contribution in [0.5, 0.6) is 0 Å². The van der Waals surface area contributed by atoms with Gasteiger partial charge in [0.15, 0.2) is 0 Å². The van der Waals surface area contributed by atoms with Crippen molar-refractivity contribution in [2.75, 3.05) is 44.7 Å². The lowest BCUT2D eigenvalue weighted by molar-refractivity contribution is 0.0394. The molecule has 2 N–H and O–H groups in total. The molecule has 29 heavy (non-hydrogen) atoms. The van der Waals surface area contributed by atoms with E-state index in [-0.39, 0.29) is 5.56 Å². The quantitative estimate of drug-likeness (QED) is 0.577. The lowest BCUT2D eigenvalue weighted by Crippen LogP contribution is -2.39. The van der Waals surface area contributed by atoms with Gasteiger partial charge in [0.2, 0.25) is 5.96 Å². The van der Waals surface area contributed by atoms with Crippen molar-refractivity contribution < 1.29 is 13.9 Å². The second-order valence-corrected chi connectivity index (χ2v) is 7.17. The van der Waals surface area contributed by atoms with Crippen molar-refractivity contribution in [3.05, 3.63) is 64.4 Å². The van der Waals surface area contributed by atoms with Crippen LogP contribution in [0.25, 0.3) is 0 Å². The standard InChI is InChI=1S/C21H24ClFN4O2/c1-15-13-17(22)5-6-19(15)25-21(24-7-8-27-9-11-29-12-10-27)26-20(28)16-3-2-4-18(23)14-16/h2-6,13-14H,7-12H2,1H3,(H2,24,25,26,28). The molecule has 1 aliphatic heterocycles. The zero-order valence-electron chi connectivity index (χ0n) is 16.3. The number of carbonyl (C=O) groups excluding carboxylic acids is 1. The summed E-state index contributed by atoms with van der Waals surface area (Å²) < 4.78 is 18.8. The van der Waals surface area contributed by atoms with E-state index in [0.29, 0.717) is 17.5 Å². The van der Waals surface area contributed by atoms with Crippen molar-refractivity contribution in [1.29, 1.82) is 0 Å². The number of hydrogen-bond donors (Lipinski definition) is 2. The van der Waals surface area contributed by atoms with Crippen molar-refractivity contribution in [3.8, 4) is 0 Å². The Hall–Kier alpha value is -2.48. The van der Waals surface area contributed by atoms with Crippen LogP contribution in [0.2, 0.25) is 5.02 Å². The summed E-state index contributed by atoms with van der Waals surface area (Å²) in [6.45, 7) is 6.33. The number of nitrogens with zero attached hydrogens (tertiary/aromatic N) is 2. The summed E-state index contributed by atoms with van der Waals surface area (Å²) in [5.41, 5.74) is 1.91. The number of guanidine groups is 1. The number of aryl methyl sites for hydroxylation is 1. The van der Waals surface area contributed by atoms with E-state index in [4.69, 9.17) is 16.3 Å². The molecule has 0 atom stereocenters. The Kier molecular flexibility index (Phi) is 7.57. The summed E-state index contributed by atoms with van der Waals surface area (Å²) in [6, 6.07) is 10.9. The van der Waals surface area contributed by atoms with E-state index in [0.717, 1.165) is 44.1 Å². The molecule has 2 aromatic carbocycles. The summed E-state index contributed by atoms with van der Waals surface area (Å²) in [7, 11) is 0. The van der Waals surface area contributed by atoms with Gasteiger partial charge in [0, 0.05) is 35.9 Å². The number of amides is 1. The maximum absolute atomic E-state index is 13.5. The summed E-state index contributed by atoms with van der Waals surface area (Å²) in [5.74, 6) is -0.600. The first-order valence-electron chi connectivity index (χ1n) is 9.46. The molecule has 1 heterocycles. The molecule has 8 heteroatoms. The summed E-state index contributed by atoms with van der Waals surface area (Å²) in [4.78, 5) is 19.3. The predicted octanol–water partition coefficient (Wildman–Crippen LogP) is 3.32.